The number of nitrogens with zero attached hydrogens (tertiary/aromatic N) is 1. The number of hydrogen-bond donors (Lipinski definition) is 1. The zero-order valence-electron chi connectivity index (χ0n) is 13.2. The fourth-order valence-corrected chi connectivity index (χ4v) is 4.21. The van der Waals surface area contributed by atoms with Gasteiger partial charge in [-0.1, -0.05) is 42.2 Å². The molecule has 2 aromatic rings. The van der Waals surface area contributed by atoms with Gasteiger partial charge in [0.15, 0.2) is 0 Å². The molecule has 1 aromatic heterocycles. The lowest BCUT2D eigenvalue weighted by Crippen LogP contribution is -2.23. The first-order valence-corrected chi connectivity index (χ1v) is 9.51. The molecule has 4 nitrogen and oxygen atoms in total. The van der Waals surface area contributed by atoms with Crippen LogP contribution >= 0.6 is 11.3 Å². The summed E-state index contributed by atoms with van der Waals surface area (Å²) in [4.78, 5) is 3.05. The van der Waals surface area contributed by atoms with Crippen molar-refractivity contribution in [1.29, 1.82) is 0 Å². The molecule has 2 rings (SSSR count). The first kappa shape index (κ1) is 17.7. The van der Waals surface area contributed by atoms with Crippen molar-refractivity contribution >= 4 is 21.4 Å². The van der Waals surface area contributed by atoms with Crippen molar-refractivity contribution in [2.45, 2.75) is 17.7 Å². The molecular weight excluding hydrogens is 328 g/mol. The smallest absolute Gasteiger partial charge is 0.250 e. The minimum atomic E-state index is -3.44. The molecule has 0 radical (unpaired) electrons. The molecule has 0 amide bonds. The predicted octanol–water partition coefficient (Wildman–Crippen LogP) is 2.47. The van der Waals surface area contributed by atoms with Crippen LogP contribution in [-0.4, -0.2) is 33.5 Å². The summed E-state index contributed by atoms with van der Waals surface area (Å²) in [7, 11) is -1.45. The van der Waals surface area contributed by atoms with Crippen molar-refractivity contribution in [1.82, 2.24) is 9.62 Å². The van der Waals surface area contributed by atoms with Gasteiger partial charge in [-0.15, -0.1) is 11.3 Å². The third kappa shape index (κ3) is 5.81. The minimum Gasteiger partial charge on any atom is -0.291 e. The van der Waals surface area contributed by atoms with Gasteiger partial charge in [0.2, 0.25) is 0 Å². The van der Waals surface area contributed by atoms with Gasteiger partial charge in [0.05, 0.1) is 13.1 Å². The molecule has 0 fully saturated rings. The van der Waals surface area contributed by atoms with Crippen molar-refractivity contribution in [2.75, 3.05) is 20.1 Å². The summed E-state index contributed by atoms with van der Waals surface area (Å²) >= 11 is 1.26. The zero-order valence-corrected chi connectivity index (χ0v) is 14.9. The Morgan fingerprint density at radius 2 is 1.87 bits per heavy atom. The van der Waals surface area contributed by atoms with Crippen LogP contribution in [0.2, 0.25) is 0 Å². The van der Waals surface area contributed by atoms with E-state index >= 15 is 0 Å². The van der Waals surface area contributed by atoms with E-state index in [0.717, 1.165) is 11.4 Å². The molecule has 6 heteroatoms. The third-order valence-electron chi connectivity index (χ3n) is 3.10. The van der Waals surface area contributed by atoms with E-state index in [2.05, 4.69) is 33.6 Å². The van der Waals surface area contributed by atoms with Crippen molar-refractivity contribution in [2.24, 2.45) is 0 Å². The number of thiophene rings is 1. The van der Waals surface area contributed by atoms with Crippen LogP contribution in [0.3, 0.4) is 0 Å². The second-order valence-electron chi connectivity index (χ2n) is 5.20. The van der Waals surface area contributed by atoms with Gasteiger partial charge >= 0.3 is 0 Å². The lowest BCUT2D eigenvalue weighted by atomic mass is 10.2. The van der Waals surface area contributed by atoms with E-state index in [1.165, 1.54) is 16.9 Å². The molecule has 0 saturated carbocycles. The Balaban J connectivity index is 1.77. The van der Waals surface area contributed by atoms with Crippen LogP contribution in [0, 0.1) is 18.8 Å². The van der Waals surface area contributed by atoms with Gasteiger partial charge in [-0.25, -0.2) is 8.42 Å². The summed E-state index contributed by atoms with van der Waals surface area (Å²) in [6.07, 6.45) is 0. The van der Waals surface area contributed by atoms with Crippen LogP contribution in [0.4, 0.5) is 0 Å². The fraction of sp³-hybridized carbons (Fsp3) is 0.294. The lowest BCUT2D eigenvalue weighted by Gasteiger charge is -2.12. The molecule has 0 aliphatic rings. The Bertz CT molecular complexity index is 787. The summed E-state index contributed by atoms with van der Waals surface area (Å²) in [5.74, 6) is 5.84. The van der Waals surface area contributed by atoms with Crippen LogP contribution in [0.1, 0.15) is 10.4 Å². The van der Waals surface area contributed by atoms with E-state index in [1.54, 1.807) is 12.1 Å². The molecule has 23 heavy (non-hydrogen) atoms. The highest BCUT2D eigenvalue weighted by Gasteiger charge is 2.14. The third-order valence-corrected chi connectivity index (χ3v) is 5.99. The molecule has 0 saturated heterocycles. The Hall–Kier alpha value is -1.65. The molecule has 0 aliphatic heterocycles. The molecule has 0 aliphatic carbocycles. The molecule has 0 atom stereocenters. The topological polar surface area (TPSA) is 49.4 Å². The van der Waals surface area contributed by atoms with E-state index in [1.807, 2.05) is 32.2 Å². The van der Waals surface area contributed by atoms with Crippen LogP contribution < -0.4 is 4.72 Å². The van der Waals surface area contributed by atoms with E-state index in [0.29, 0.717) is 10.8 Å². The van der Waals surface area contributed by atoms with E-state index in [4.69, 9.17) is 0 Å². The zero-order chi connectivity index (χ0) is 16.7. The average Bonchev–Trinajstić information content (AvgIpc) is 2.95. The summed E-state index contributed by atoms with van der Waals surface area (Å²) in [6, 6.07) is 13.6. The number of nitrogens with one attached hydrogen (secondary N) is 1. The van der Waals surface area contributed by atoms with Crippen LogP contribution in [0.5, 0.6) is 0 Å². The monoisotopic (exact) mass is 348 g/mol. The summed E-state index contributed by atoms with van der Waals surface area (Å²) in [5, 5.41) is 0. The van der Waals surface area contributed by atoms with Gasteiger partial charge in [-0.05, 0) is 31.7 Å². The molecule has 1 aromatic carbocycles. The van der Waals surface area contributed by atoms with Gasteiger partial charge in [0.25, 0.3) is 10.0 Å². The summed E-state index contributed by atoms with van der Waals surface area (Å²) in [6.45, 7) is 3.41. The number of hydrogen-bond acceptors (Lipinski definition) is 4. The molecule has 0 bridgehead atoms. The molecular formula is C17H20N2O2S2. The fourth-order valence-electron chi connectivity index (χ4n) is 1.96. The minimum absolute atomic E-state index is 0.123. The molecule has 1 N–H and O–H groups in total. The standard InChI is InChI=1S/C17H20N2O2S2/c1-15-10-11-17(22-15)23(20,21)18-12-6-7-13-19(2)14-16-8-4-3-5-9-16/h3-5,8-11,18H,12-14H2,1-2H3. The Labute approximate surface area is 142 Å². The molecule has 1 heterocycles. The van der Waals surface area contributed by atoms with Crippen LogP contribution in [0.25, 0.3) is 0 Å². The van der Waals surface area contributed by atoms with Gasteiger partial charge in [-0.3, -0.25) is 4.90 Å². The Morgan fingerprint density at radius 3 is 2.52 bits per heavy atom. The van der Waals surface area contributed by atoms with Crippen LogP contribution in [-0.2, 0) is 16.6 Å². The first-order valence-electron chi connectivity index (χ1n) is 7.22. The van der Waals surface area contributed by atoms with Crippen molar-refractivity contribution in [3.05, 3.63) is 52.9 Å². The van der Waals surface area contributed by atoms with Crippen molar-refractivity contribution in [3.63, 3.8) is 0 Å². The highest BCUT2D eigenvalue weighted by Crippen LogP contribution is 2.19. The summed E-state index contributed by atoms with van der Waals surface area (Å²) < 4.78 is 26.8. The van der Waals surface area contributed by atoms with E-state index in [9.17, 15) is 8.42 Å². The largest absolute Gasteiger partial charge is 0.291 e. The Morgan fingerprint density at radius 1 is 1.13 bits per heavy atom. The number of aryl methyl sites for hydroxylation is 1. The van der Waals surface area contributed by atoms with Gasteiger partial charge < -0.3 is 0 Å². The first-order chi connectivity index (χ1) is 11.0. The highest BCUT2D eigenvalue weighted by molar-refractivity contribution is 7.91. The van der Waals surface area contributed by atoms with Crippen molar-refractivity contribution < 1.29 is 8.42 Å². The van der Waals surface area contributed by atoms with E-state index < -0.39 is 10.0 Å². The maximum Gasteiger partial charge on any atom is 0.250 e. The number of benzene rings is 1. The molecule has 0 spiro atoms. The van der Waals surface area contributed by atoms with Crippen LogP contribution in [0.15, 0.2) is 46.7 Å². The van der Waals surface area contributed by atoms with Gasteiger partial charge in [-0.2, -0.15) is 4.72 Å². The lowest BCUT2D eigenvalue weighted by molar-refractivity contribution is 0.369. The maximum atomic E-state index is 12.0. The molecule has 122 valence electrons. The SMILES string of the molecule is Cc1ccc(S(=O)(=O)NCC#CCN(C)Cc2ccccc2)s1. The number of rotatable bonds is 6. The second kappa shape index (κ2) is 8.27. The predicted molar refractivity (Wildman–Crippen MR) is 94.8 cm³/mol. The normalized spacial score (nSPS) is 11.3. The highest BCUT2D eigenvalue weighted by atomic mass is 32.2. The van der Waals surface area contributed by atoms with Gasteiger partial charge in [0.1, 0.15) is 4.21 Å². The van der Waals surface area contributed by atoms with Crippen molar-refractivity contribution in [3.8, 4) is 11.8 Å². The maximum absolute atomic E-state index is 12.0. The molecule has 0 unspecified atom stereocenters. The average molecular weight is 348 g/mol. The Kier molecular flexibility index (Phi) is 6.37. The quantitative estimate of drug-likeness (QED) is 0.816. The second-order valence-corrected chi connectivity index (χ2v) is 8.48. The summed E-state index contributed by atoms with van der Waals surface area (Å²) in [5.41, 5.74) is 1.23. The number of sulfonamides is 1. The van der Waals surface area contributed by atoms with E-state index in [-0.39, 0.29) is 6.54 Å². The van der Waals surface area contributed by atoms with Gasteiger partial charge in [0, 0.05) is 11.4 Å².